The van der Waals surface area contributed by atoms with Crippen molar-refractivity contribution in [3.63, 3.8) is 0 Å². The van der Waals surface area contributed by atoms with E-state index in [9.17, 15) is 17.6 Å². The number of anilines is 1. The van der Waals surface area contributed by atoms with Crippen LogP contribution in [0, 0.1) is 0 Å². The fraction of sp³-hybridized carbons (Fsp3) is 0.571. The standard InChI is InChI=1S/C21H25FN6O4S/c22-12-8-27(9-12)13-10-28-20(32-11-13)18(7-23-28)33(30,31)26-21(29)25-19-14-3-1-5-16(14)24-17-6-2-4-15(17)19/h7,12-13H,1-6,8-11H2,(H2,24,25,26,29). The highest BCUT2D eigenvalue weighted by Gasteiger charge is 2.38. The summed E-state index contributed by atoms with van der Waals surface area (Å²) in [6, 6.07) is -0.875. The summed E-state index contributed by atoms with van der Waals surface area (Å²) in [5.41, 5.74) is 4.76. The number of urea groups is 1. The molecule has 2 amide bonds. The molecular formula is C21H25FN6O4S. The highest BCUT2D eigenvalue weighted by atomic mass is 32.2. The molecule has 0 radical (unpaired) electrons. The first-order chi connectivity index (χ1) is 15.9. The third-order valence-corrected chi connectivity index (χ3v) is 8.26. The maximum Gasteiger partial charge on any atom is 0.333 e. The van der Waals surface area contributed by atoms with E-state index in [0.717, 1.165) is 66.7 Å². The van der Waals surface area contributed by atoms with E-state index < -0.39 is 22.2 Å². The number of carbonyl (C=O) groups excluding carboxylic acids is 1. The number of hydrogen-bond acceptors (Lipinski definition) is 7. The largest absolute Gasteiger partial charge is 0.475 e. The topological polar surface area (TPSA) is 118 Å². The van der Waals surface area contributed by atoms with Crippen molar-refractivity contribution >= 4 is 21.7 Å². The van der Waals surface area contributed by atoms with Crippen molar-refractivity contribution in [2.75, 3.05) is 25.0 Å². The van der Waals surface area contributed by atoms with Gasteiger partial charge in [0.2, 0.25) is 5.88 Å². The fourth-order valence-electron chi connectivity index (χ4n) is 5.27. The number of sulfonamides is 1. The van der Waals surface area contributed by atoms with Crippen LogP contribution >= 0.6 is 0 Å². The third kappa shape index (κ3) is 3.55. The van der Waals surface area contributed by atoms with Crippen molar-refractivity contribution in [2.45, 2.75) is 62.2 Å². The van der Waals surface area contributed by atoms with Gasteiger partial charge in [-0.3, -0.25) is 9.88 Å². The van der Waals surface area contributed by atoms with Crippen molar-refractivity contribution in [2.24, 2.45) is 0 Å². The molecule has 0 aromatic carbocycles. The Morgan fingerprint density at radius 2 is 1.79 bits per heavy atom. The molecule has 0 spiro atoms. The maximum atomic E-state index is 13.2. The summed E-state index contributed by atoms with van der Waals surface area (Å²) in [6.07, 6.45) is 5.71. The Balaban J connectivity index is 1.19. The predicted octanol–water partition coefficient (Wildman–Crippen LogP) is 1.18. The summed E-state index contributed by atoms with van der Waals surface area (Å²) in [5, 5.41) is 6.93. The van der Waals surface area contributed by atoms with Gasteiger partial charge in [-0.15, -0.1) is 0 Å². The molecular weight excluding hydrogens is 451 g/mol. The summed E-state index contributed by atoms with van der Waals surface area (Å²) >= 11 is 0. The molecule has 1 fully saturated rings. The lowest BCUT2D eigenvalue weighted by atomic mass is 10.1. The molecule has 6 rings (SSSR count). The van der Waals surface area contributed by atoms with Crippen LogP contribution in [0.4, 0.5) is 14.9 Å². The monoisotopic (exact) mass is 476 g/mol. The van der Waals surface area contributed by atoms with Crippen LogP contribution in [-0.2, 0) is 42.3 Å². The zero-order chi connectivity index (χ0) is 22.7. The number of hydrogen-bond donors (Lipinski definition) is 2. The van der Waals surface area contributed by atoms with Crippen LogP contribution in [0.2, 0.25) is 0 Å². The minimum Gasteiger partial charge on any atom is -0.475 e. The Labute approximate surface area is 190 Å². The van der Waals surface area contributed by atoms with Gasteiger partial charge in [0, 0.05) is 24.5 Å². The number of carbonyl (C=O) groups is 1. The first-order valence-corrected chi connectivity index (χ1v) is 12.8. The van der Waals surface area contributed by atoms with E-state index in [2.05, 4.69) is 15.1 Å². The van der Waals surface area contributed by atoms with Crippen molar-refractivity contribution in [3.8, 4) is 5.88 Å². The SMILES string of the molecule is O=C(Nc1c2c(nc3c1CCC3)CCC2)NS(=O)(=O)c1cnn2c1OCC(N1CC(F)C1)C2. The molecule has 33 heavy (non-hydrogen) atoms. The number of fused-ring (bicyclic) bond motifs is 3. The third-order valence-electron chi connectivity index (χ3n) is 6.94. The molecule has 2 N–H and O–H groups in total. The van der Waals surface area contributed by atoms with Gasteiger partial charge in [-0.2, -0.15) is 5.10 Å². The van der Waals surface area contributed by atoms with Crippen LogP contribution in [0.5, 0.6) is 5.88 Å². The molecule has 1 unspecified atom stereocenters. The van der Waals surface area contributed by atoms with Gasteiger partial charge in [0.05, 0.1) is 24.5 Å². The number of nitrogens with zero attached hydrogens (tertiary/aromatic N) is 4. The molecule has 12 heteroatoms. The molecule has 0 bridgehead atoms. The lowest BCUT2D eigenvalue weighted by molar-refractivity contribution is -0.0114. The Morgan fingerprint density at radius 3 is 2.45 bits per heavy atom. The van der Waals surface area contributed by atoms with Gasteiger partial charge in [-0.25, -0.2) is 27.0 Å². The second-order valence-electron chi connectivity index (χ2n) is 9.12. The van der Waals surface area contributed by atoms with E-state index in [-0.39, 0.29) is 23.4 Å². The lowest BCUT2D eigenvalue weighted by Crippen LogP contribution is -2.57. The minimum atomic E-state index is -4.20. The number of ether oxygens (including phenoxy) is 1. The number of nitrogens with one attached hydrogen (secondary N) is 2. The van der Waals surface area contributed by atoms with E-state index in [1.807, 2.05) is 4.90 Å². The number of halogens is 1. The van der Waals surface area contributed by atoms with Crippen LogP contribution in [0.15, 0.2) is 11.1 Å². The van der Waals surface area contributed by atoms with Crippen molar-refractivity contribution in [3.05, 3.63) is 28.7 Å². The summed E-state index contributed by atoms with van der Waals surface area (Å²) in [4.78, 5) is 19.3. The molecule has 176 valence electrons. The van der Waals surface area contributed by atoms with Gasteiger partial charge >= 0.3 is 6.03 Å². The second kappa shape index (κ2) is 7.66. The molecule has 2 aromatic heterocycles. The Hall–Kier alpha value is -2.73. The predicted molar refractivity (Wildman–Crippen MR) is 116 cm³/mol. The van der Waals surface area contributed by atoms with Crippen LogP contribution in [0.25, 0.3) is 0 Å². The first-order valence-electron chi connectivity index (χ1n) is 11.3. The Bertz CT molecular complexity index is 1210. The second-order valence-corrected chi connectivity index (χ2v) is 10.8. The van der Waals surface area contributed by atoms with Gasteiger partial charge < -0.3 is 10.1 Å². The van der Waals surface area contributed by atoms with Crippen molar-refractivity contribution in [1.82, 2.24) is 24.4 Å². The molecule has 1 saturated heterocycles. The number of amides is 2. The molecule has 4 aliphatic rings. The first kappa shape index (κ1) is 20.8. The van der Waals surface area contributed by atoms with Crippen molar-refractivity contribution in [1.29, 1.82) is 0 Å². The van der Waals surface area contributed by atoms with Gasteiger partial charge in [0.25, 0.3) is 10.0 Å². The van der Waals surface area contributed by atoms with Crippen LogP contribution < -0.4 is 14.8 Å². The Morgan fingerprint density at radius 1 is 1.09 bits per heavy atom. The van der Waals surface area contributed by atoms with Gasteiger partial charge in [-0.05, 0) is 49.7 Å². The highest BCUT2D eigenvalue weighted by Crippen LogP contribution is 2.36. The summed E-state index contributed by atoms with van der Waals surface area (Å²) in [7, 11) is -4.20. The normalized spacial score (nSPS) is 22.2. The summed E-state index contributed by atoms with van der Waals surface area (Å²) in [5.74, 6) is 0.0922. The van der Waals surface area contributed by atoms with E-state index in [0.29, 0.717) is 19.6 Å². The van der Waals surface area contributed by atoms with Gasteiger partial charge in [0.1, 0.15) is 12.8 Å². The zero-order valence-corrected chi connectivity index (χ0v) is 18.8. The molecule has 10 nitrogen and oxygen atoms in total. The fourth-order valence-corrected chi connectivity index (χ4v) is 6.26. The van der Waals surface area contributed by atoms with Gasteiger partial charge in [-0.1, -0.05) is 0 Å². The minimum absolute atomic E-state index is 0.0629. The highest BCUT2D eigenvalue weighted by molar-refractivity contribution is 7.90. The van der Waals surface area contributed by atoms with Crippen molar-refractivity contribution < 1.29 is 22.3 Å². The summed E-state index contributed by atoms with van der Waals surface area (Å²) < 4.78 is 48.4. The van der Waals surface area contributed by atoms with E-state index in [4.69, 9.17) is 9.72 Å². The molecule has 1 atom stereocenters. The number of alkyl halides is 1. The number of likely N-dealkylation sites (tertiary alicyclic amines) is 1. The van der Waals surface area contributed by atoms with Crippen LogP contribution in [0.1, 0.15) is 35.4 Å². The van der Waals surface area contributed by atoms with Crippen LogP contribution in [-0.4, -0.2) is 66.0 Å². The van der Waals surface area contributed by atoms with E-state index in [1.54, 1.807) is 0 Å². The molecule has 2 aliphatic carbocycles. The number of pyridine rings is 1. The molecule has 4 heterocycles. The van der Waals surface area contributed by atoms with Crippen LogP contribution in [0.3, 0.4) is 0 Å². The smallest absolute Gasteiger partial charge is 0.333 e. The molecule has 2 aliphatic heterocycles. The average molecular weight is 477 g/mol. The maximum absolute atomic E-state index is 13.2. The average Bonchev–Trinajstić information content (AvgIpc) is 3.49. The van der Waals surface area contributed by atoms with E-state index >= 15 is 0 Å². The molecule has 0 saturated carbocycles. The number of aromatic nitrogens is 3. The lowest BCUT2D eigenvalue weighted by Gasteiger charge is -2.41. The number of aryl methyl sites for hydroxylation is 2. The zero-order valence-electron chi connectivity index (χ0n) is 18.0. The Kier molecular flexibility index (Phi) is 4.84. The quantitative estimate of drug-likeness (QED) is 0.680. The van der Waals surface area contributed by atoms with Gasteiger partial charge in [0.15, 0.2) is 4.90 Å². The number of rotatable bonds is 4. The van der Waals surface area contributed by atoms with E-state index in [1.165, 1.54) is 10.9 Å². The summed E-state index contributed by atoms with van der Waals surface area (Å²) in [6.45, 7) is 1.33. The molecule has 2 aromatic rings.